The summed E-state index contributed by atoms with van der Waals surface area (Å²) in [6.07, 6.45) is 3.63. The lowest BCUT2D eigenvalue weighted by atomic mass is 10.2. The second-order valence-electron chi connectivity index (χ2n) is 6.45. The molecule has 146 valence electrons. The molecule has 8 heteroatoms. The zero-order valence-corrected chi connectivity index (χ0v) is 16.1. The Morgan fingerprint density at radius 2 is 1.79 bits per heavy atom. The zero-order valence-electron chi connectivity index (χ0n) is 15.3. The maximum absolute atomic E-state index is 13.2. The van der Waals surface area contributed by atoms with Crippen molar-refractivity contribution in [1.82, 2.24) is 24.9 Å². The summed E-state index contributed by atoms with van der Waals surface area (Å²) in [7, 11) is 0. The van der Waals surface area contributed by atoms with Crippen molar-refractivity contribution in [3.8, 4) is 5.82 Å². The standard InChI is InChI=1S/C21H17ClFN5O/c22-17-5-3-4-16(12-17)13-24-20(29)19-21(27-10-1-2-11-27)28(26-25-19)14-15-6-8-18(23)9-7-15/h1-12H,13-14H2,(H,24,29). The summed E-state index contributed by atoms with van der Waals surface area (Å²) in [4.78, 5) is 12.8. The van der Waals surface area contributed by atoms with E-state index in [0.29, 0.717) is 23.9 Å². The van der Waals surface area contributed by atoms with E-state index in [2.05, 4.69) is 15.6 Å². The van der Waals surface area contributed by atoms with Gasteiger partial charge in [0, 0.05) is 24.0 Å². The molecular formula is C21H17ClFN5O. The van der Waals surface area contributed by atoms with Gasteiger partial charge in [0.1, 0.15) is 5.82 Å². The Hall–Kier alpha value is -3.45. The third-order valence-corrected chi connectivity index (χ3v) is 4.60. The third kappa shape index (κ3) is 4.35. The number of hydrogen-bond donors (Lipinski definition) is 1. The zero-order chi connectivity index (χ0) is 20.2. The molecule has 6 nitrogen and oxygen atoms in total. The van der Waals surface area contributed by atoms with Gasteiger partial charge in [0.2, 0.25) is 0 Å². The largest absolute Gasteiger partial charge is 0.346 e. The van der Waals surface area contributed by atoms with Gasteiger partial charge in [-0.05, 0) is 47.5 Å². The molecule has 0 saturated heterocycles. The molecule has 0 aliphatic carbocycles. The van der Waals surface area contributed by atoms with Crippen molar-refractivity contribution in [2.24, 2.45) is 0 Å². The lowest BCUT2D eigenvalue weighted by Gasteiger charge is -2.10. The highest BCUT2D eigenvalue weighted by Crippen LogP contribution is 2.16. The molecule has 0 bridgehead atoms. The Morgan fingerprint density at radius 1 is 1.03 bits per heavy atom. The van der Waals surface area contributed by atoms with E-state index in [1.165, 1.54) is 12.1 Å². The minimum Gasteiger partial charge on any atom is -0.346 e. The second-order valence-corrected chi connectivity index (χ2v) is 6.89. The van der Waals surface area contributed by atoms with E-state index in [4.69, 9.17) is 11.6 Å². The van der Waals surface area contributed by atoms with Gasteiger partial charge in [0.05, 0.1) is 6.54 Å². The van der Waals surface area contributed by atoms with Crippen molar-refractivity contribution in [2.75, 3.05) is 0 Å². The van der Waals surface area contributed by atoms with Crippen LogP contribution >= 0.6 is 11.6 Å². The Labute approximate surface area is 171 Å². The highest BCUT2D eigenvalue weighted by molar-refractivity contribution is 6.30. The number of rotatable bonds is 6. The Bertz CT molecular complexity index is 1120. The summed E-state index contributed by atoms with van der Waals surface area (Å²) in [5, 5.41) is 11.7. The minimum atomic E-state index is -0.348. The molecule has 0 unspecified atom stereocenters. The van der Waals surface area contributed by atoms with Crippen LogP contribution < -0.4 is 5.32 Å². The molecule has 29 heavy (non-hydrogen) atoms. The first-order valence-corrected chi connectivity index (χ1v) is 9.32. The maximum atomic E-state index is 13.2. The molecule has 1 N–H and O–H groups in total. The van der Waals surface area contributed by atoms with E-state index in [9.17, 15) is 9.18 Å². The Morgan fingerprint density at radius 3 is 2.52 bits per heavy atom. The molecule has 4 rings (SSSR count). The number of carbonyl (C=O) groups is 1. The van der Waals surface area contributed by atoms with Gasteiger partial charge in [0.25, 0.3) is 5.91 Å². The van der Waals surface area contributed by atoms with Crippen LogP contribution in [0.5, 0.6) is 0 Å². The van der Waals surface area contributed by atoms with Crippen molar-refractivity contribution in [3.63, 3.8) is 0 Å². The summed E-state index contributed by atoms with van der Waals surface area (Å²) in [5.74, 6) is -0.124. The quantitative estimate of drug-likeness (QED) is 0.526. The smallest absolute Gasteiger partial charge is 0.276 e. The van der Waals surface area contributed by atoms with Crippen LogP contribution in [-0.2, 0) is 13.1 Å². The molecule has 2 heterocycles. The SMILES string of the molecule is O=C(NCc1cccc(Cl)c1)c1nnn(Cc2ccc(F)cc2)c1-n1cccc1. The van der Waals surface area contributed by atoms with Gasteiger partial charge < -0.3 is 9.88 Å². The first-order chi connectivity index (χ1) is 14.1. The highest BCUT2D eigenvalue weighted by Gasteiger charge is 2.21. The molecule has 0 radical (unpaired) electrons. The fourth-order valence-electron chi connectivity index (χ4n) is 2.97. The first kappa shape index (κ1) is 18.9. The predicted molar refractivity (Wildman–Crippen MR) is 107 cm³/mol. The molecule has 0 saturated carbocycles. The van der Waals surface area contributed by atoms with Crippen LogP contribution in [0, 0.1) is 5.82 Å². The van der Waals surface area contributed by atoms with Crippen molar-refractivity contribution in [1.29, 1.82) is 0 Å². The number of nitrogens with one attached hydrogen (secondary N) is 1. The molecule has 1 amide bonds. The normalized spacial score (nSPS) is 10.8. The molecule has 4 aromatic rings. The Balaban J connectivity index is 1.60. The van der Waals surface area contributed by atoms with Gasteiger partial charge in [-0.3, -0.25) is 4.79 Å². The molecule has 0 aliphatic rings. The maximum Gasteiger partial charge on any atom is 0.276 e. The summed E-state index contributed by atoms with van der Waals surface area (Å²) in [6.45, 7) is 0.664. The van der Waals surface area contributed by atoms with E-state index in [-0.39, 0.29) is 17.4 Å². The minimum absolute atomic E-state index is 0.199. The fraction of sp³-hybridized carbons (Fsp3) is 0.0952. The number of halogens is 2. The summed E-state index contributed by atoms with van der Waals surface area (Å²) in [5.41, 5.74) is 1.92. The van der Waals surface area contributed by atoms with Crippen molar-refractivity contribution >= 4 is 17.5 Å². The average molecular weight is 410 g/mol. The van der Waals surface area contributed by atoms with Gasteiger partial charge in [-0.1, -0.05) is 41.1 Å². The molecule has 2 aromatic heterocycles. The predicted octanol–water partition coefficient (Wildman–Crippen LogP) is 3.84. The molecule has 0 spiro atoms. The number of nitrogens with zero attached hydrogens (tertiary/aromatic N) is 4. The number of benzene rings is 2. The van der Waals surface area contributed by atoms with Crippen LogP contribution in [0.3, 0.4) is 0 Å². The number of hydrogen-bond acceptors (Lipinski definition) is 3. The van der Waals surface area contributed by atoms with Gasteiger partial charge >= 0.3 is 0 Å². The van der Waals surface area contributed by atoms with Gasteiger partial charge in [-0.2, -0.15) is 0 Å². The molecule has 0 aliphatic heterocycles. The average Bonchev–Trinajstić information content (AvgIpc) is 3.37. The summed E-state index contributed by atoms with van der Waals surface area (Å²) < 4.78 is 16.6. The van der Waals surface area contributed by atoms with E-state index >= 15 is 0 Å². The monoisotopic (exact) mass is 409 g/mol. The lowest BCUT2D eigenvalue weighted by molar-refractivity contribution is 0.0946. The van der Waals surface area contributed by atoms with Crippen LogP contribution in [0.4, 0.5) is 4.39 Å². The summed E-state index contributed by atoms with van der Waals surface area (Å²) in [6, 6.07) is 17.1. The molecular weight excluding hydrogens is 393 g/mol. The highest BCUT2D eigenvalue weighted by atomic mass is 35.5. The fourth-order valence-corrected chi connectivity index (χ4v) is 3.18. The van der Waals surface area contributed by atoms with E-state index in [0.717, 1.165) is 11.1 Å². The van der Waals surface area contributed by atoms with Crippen molar-refractivity contribution in [3.05, 3.63) is 101 Å². The van der Waals surface area contributed by atoms with Crippen LogP contribution in [0.25, 0.3) is 5.82 Å². The molecule has 2 aromatic carbocycles. The Kier molecular flexibility index (Phi) is 5.39. The van der Waals surface area contributed by atoms with E-state index in [1.807, 2.05) is 36.7 Å². The van der Waals surface area contributed by atoms with Crippen LogP contribution in [0.15, 0.2) is 73.1 Å². The molecule has 0 fully saturated rings. The first-order valence-electron chi connectivity index (χ1n) is 8.94. The van der Waals surface area contributed by atoms with Gasteiger partial charge in [0.15, 0.2) is 11.5 Å². The van der Waals surface area contributed by atoms with Gasteiger partial charge in [-0.25, -0.2) is 9.07 Å². The topological polar surface area (TPSA) is 64.7 Å². The van der Waals surface area contributed by atoms with E-state index in [1.54, 1.807) is 33.5 Å². The molecule has 0 atom stereocenters. The van der Waals surface area contributed by atoms with Crippen LogP contribution in [-0.4, -0.2) is 25.5 Å². The van der Waals surface area contributed by atoms with Crippen molar-refractivity contribution < 1.29 is 9.18 Å². The third-order valence-electron chi connectivity index (χ3n) is 4.36. The second kappa shape index (κ2) is 8.28. The number of aromatic nitrogens is 4. The number of carbonyl (C=O) groups excluding carboxylic acids is 1. The summed E-state index contributed by atoms with van der Waals surface area (Å²) >= 11 is 5.99. The van der Waals surface area contributed by atoms with Crippen LogP contribution in [0.1, 0.15) is 21.6 Å². The van der Waals surface area contributed by atoms with Gasteiger partial charge in [-0.15, -0.1) is 5.10 Å². The van der Waals surface area contributed by atoms with E-state index < -0.39 is 0 Å². The van der Waals surface area contributed by atoms with Crippen molar-refractivity contribution in [2.45, 2.75) is 13.1 Å². The lowest BCUT2D eigenvalue weighted by Crippen LogP contribution is -2.25. The van der Waals surface area contributed by atoms with Crippen LogP contribution in [0.2, 0.25) is 5.02 Å². The number of amides is 1.